The number of rotatable bonds is 14. The summed E-state index contributed by atoms with van der Waals surface area (Å²) in [4.78, 5) is 41.4. The number of benzene rings is 3. The number of ether oxygens (including phenoxy) is 1. The topological polar surface area (TPSA) is 119 Å². The SMILES string of the molecule is Cc1cc(C(=O)Nc2cccc(-c3cccc(-c4nc5cc(CN(CCO[Si](C)(C)C(C)(C)C)C(=O)OC(C)(C)C)ccc5o4)c3C)c2C)nc2c1CCN(CCO[Si](C)(C)C(C)(C)C)C2. The van der Waals surface area contributed by atoms with Gasteiger partial charge in [0.15, 0.2) is 22.2 Å². The molecule has 356 valence electrons. The zero-order valence-electron chi connectivity index (χ0n) is 42.7. The van der Waals surface area contributed by atoms with E-state index in [1.54, 1.807) is 4.90 Å². The van der Waals surface area contributed by atoms with E-state index in [2.05, 4.69) is 104 Å². The molecule has 13 heteroatoms. The third-order valence-electron chi connectivity index (χ3n) is 13.9. The highest BCUT2D eigenvalue weighted by Gasteiger charge is 2.38. The predicted octanol–water partition coefficient (Wildman–Crippen LogP) is 12.9. The zero-order valence-corrected chi connectivity index (χ0v) is 44.7. The summed E-state index contributed by atoms with van der Waals surface area (Å²) in [7, 11) is -3.84. The lowest BCUT2D eigenvalue weighted by Crippen LogP contribution is -2.44. The average Bonchev–Trinajstić information content (AvgIpc) is 3.63. The fourth-order valence-electron chi connectivity index (χ4n) is 7.76. The maximum Gasteiger partial charge on any atom is 0.410 e. The molecule has 0 spiro atoms. The predicted molar refractivity (Wildman–Crippen MR) is 273 cm³/mol. The fraction of sp³-hybridized carbons (Fsp3) is 0.509. The smallest absolute Gasteiger partial charge is 0.410 e. The minimum absolute atomic E-state index is 0.0589. The lowest BCUT2D eigenvalue weighted by Gasteiger charge is -2.37. The Bertz CT molecular complexity index is 2560. The highest BCUT2D eigenvalue weighted by Crippen LogP contribution is 2.39. The number of aromatic nitrogens is 2. The molecule has 0 saturated heterocycles. The highest BCUT2D eigenvalue weighted by atomic mass is 28.4. The number of pyridine rings is 1. The summed E-state index contributed by atoms with van der Waals surface area (Å²) in [5.41, 5.74) is 10.9. The molecular formula is C53H75N5O6Si2. The number of aryl methyl sites for hydroxylation is 1. The molecule has 0 bridgehead atoms. The minimum atomic E-state index is -2.01. The Labute approximate surface area is 396 Å². The third kappa shape index (κ3) is 11.9. The van der Waals surface area contributed by atoms with Gasteiger partial charge in [0.1, 0.15) is 16.8 Å². The van der Waals surface area contributed by atoms with E-state index in [0.717, 1.165) is 69.8 Å². The Morgan fingerprint density at radius 1 is 0.788 bits per heavy atom. The van der Waals surface area contributed by atoms with Crippen molar-refractivity contribution in [2.24, 2.45) is 0 Å². The Morgan fingerprint density at radius 2 is 1.41 bits per heavy atom. The fourth-order valence-corrected chi connectivity index (χ4v) is 9.82. The second kappa shape index (κ2) is 19.5. The Kier molecular flexibility index (Phi) is 15.0. The van der Waals surface area contributed by atoms with Crippen molar-refractivity contribution in [1.82, 2.24) is 19.8 Å². The van der Waals surface area contributed by atoms with Gasteiger partial charge in [0.05, 0.1) is 12.3 Å². The van der Waals surface area contributed by atoms with Gasteiger partial charge in [-0.25, -0.2) is 14.8 Å². The van der Waals surface area contributed by atoms with Crippen LogP contribution < -0.4 is 5.32 Å². The molecule has 11 nitrogen and oxygen atoms in total. The molecule has 6 rings (SSSR count). The summed E-state index contributed by atoms with van der Waals surface area (Å²) >= 11 is 0. The quantitative estimate of drug-likeness (QED) is 0.109. The average molecular weight is 934 g/mol. The first-order valence-corrected chi connectivity index (χ1v) is 29.3. The van der Waals surface area contributed by atoms with Crippen molar-refractivity contribution in [2.75, 3.05) is 38.2 Å². The minimum Gasteiger partial charge on any atom is -0.444 e. The zero-order chi connectivity index (χ0) is 48.6. The van der Waals surface area contributed by atoms with Gasteiger partial charge in [-0.1, -0.05) is 71.9 Å². The molecule has 0 fully saturated rings. The van der Waals surface area contributed by atoms with Gasteiger partial charge in [-0.05, 0) is 154 Å². The van der Waals surface area contributed by atoms with Crippen LogP contribution in [-0.2, 0) is 33.1 Å². The number of carbonyl (C=O) groups is 2. The number of nitrogens with one attached hydrogen (secondary N) is 1. The van der Waals surface area contributed by atoms with E-state index in [0.29, 0.717) is 55.5 Å². The Morgan fingerprint density at radius 3 is 2.06 bits per heavy atom. The van der Waals surface area contributed by atoms with Crippen LogP contribution in [0.5, 0.6) is 0 Å². The van der Waals surface area contributed by atoms with Crippen molar-refractivity contribution in [1.29, 1.82) is 0 Å². The van der Waals surface area contributed by atoms with Crippen molar-refractivity contribution < 1.29 is 27.6 Å². The number of hydrogen-bond acceptors (Lipinski definition) is 9. The molecule has 2 amide bonds. The molecule has 3 aromatic carbocycles. The van der Waals surface area contributed by atoms with Crippen molar-refractivity contribution in [3.05, 3.63) is 99.9 Å². The second-order valence-corrected chi connectivity index (χ2v) is 31.7. The van der Waals surface area contributed by atoms with Crippen LogP contribution in [0.1, 0.15) is 106 Å². The summed E-state index contributed by atoms with van der Waals surface area (Å²) in [5.74, 6) is 0.274. The van der Waals surface area contributed by atoms with Crippen LogP contribution in [0.3, 0.4) is 0 Å². The summed E-state index contributed by atoms with van der Waals surface area (Å²) in [5, 5.41) is 3.42. The largest absolute Gasteiger partial charge is 0.444 e. The third-order valence-corrected chi connectivity index (χ3v) is 23.0. The van der Waals surface area contributed by atoms with Gasteiger partial charge in [0.25, 0.3) is 5.91 Å². The van der Waals surface area contributed by atoms with Crippen LogP contribution in [-0.4, -0.2) is 86.9 Å². The van der Waals surface area contributed by atoms with Gasteiger partial charge in [-0.3, -0.25) is 9.69 Å². The number of fused-ring (bicyclic) bond motifs is 2. The van der Waals surface area contributed by atoms with Gasteiger partial charge in [-0.2, -0.15) is 0 Å². The second-order valence-electron chi connectivity index (χ2n) is 22.1. The van der Waals surface area contributed by atoms with Crippen LogP contribution in [0.4, 0.5) is 10.5 Å². The summed E-state index contributed by atoms with van der Waals surface area (Å²) in [6.45, 7) is 38.6. The first-order valence-electron chi connectivity index (χ1n) is 23.5. The first-order chi connectivity index (χ1) is 30.6. The van der Waals surface area contributed by atoms with Crippen LogP contribution in [0.2, 0.25) is 36.3 Å². The van der Waals surface area contributed by atoms with Gasteiger partial charge in [0.2, 0.25) is 5.89 Å². The van der Waals surface area contributed by atoms with E-state index in [-0.39, 0.29) is 22.1 Å². The van der Waals surface area contributed by atoms with Crippen LogP contribution in [0, 0.1) is 20.8 Å². The van der Waals surface area contributed by atoms with E-state index < -0.39 is 22.2 Å². The number of amides is 2. The summed E-state index contributed by atoms with van der Waals surface area (Å²) in [6, 6.07) is 19.9. The molecule has 0 unspecified atom stereocenters. The molecule has 66 heavy (non-hydrogen) atoms. The number of carbonyl (C=O) groups excluding carboxylic acids is 2. The number of hydrogen-bond donors (Lipinski definition) is 1. The maximum absolute atomic E-state index is 13.9. The Hall–Kier alpha value is -4.67. The van der Waals surface area contributed by atoms with E-state index >= 15 is 0 Å². The number of nitrogens with zero attached hydrogens (tertiary/aromatic N) is 4. The van der Waals surface area contributed by atoms with Crippen LogP contribution >= 0.6 is 0 Å². The van der Waals surface area contributed by atoms with Crippen molar-refractivity contribution >= 4 is 45.4 Å². The number of anilines is 1. The van der Waals surface area contributed by atoms with Crippen molar-refractivity contribution in [3.8, 4) is 22.6 Å². The monoisotopic (exact) mass is 934 g/mol. The molecule has 0 aliphatic carbocycles. The molecule has 0 radical (unpaired) electrons. The molecular weight excluding hydrogens is 859 g/mol. The standard InChI is InChI=1S/C53H75N5O6Si2/c1-35-31-45(54-46-34-57(26-25-39(35)46)27-29-61-65(13,14)52(7,8)9)48(59)55-43-22-18-20-41(37(43)3)40-19-17-21-42(36(40)2)49-56-44-32-38(23-24-47(44)63-49)33-58(50(60)64-51(4,5)6)28-30-62-66(15,16)53(10,11)12/h17-24,31-32H,25-30,33-34H2,1-16H3,(H,55,59). The van der Waals surface area contributed by atoms with E-state index in [1.165, 1.54) is 5.56 Å². The van der Waals surface area contributed by atoms with Crippen molar-refractivity contribution in [2.45, 2.75) is 144 Å². The van der Waals surface area contributed by atoms with Gasteiger partial charge >= 0.3 is 6.09 Å². The lowest BCUT2D eigenvalue weighted by molar-refractivity contribution is 0.0205. The molecule has 1 N–H and O–H groups in total. The lowest BCUT2D eigenvalue weighted by atomic mass is 9.92. The summed E-state index contributed by atoms with van der Waals surface area (Å²) in [6.07, 6.45) is 0.521. The van der Waals surface area contributed by atoms with Gasteiger partial charge < -0.3 is 28.2 Å². The van der Waals surface area contributed by atoms with E-state index in [4.69, 9.17) is 28.0 Å². The normalized spacial score (nSPS) is 14.1. The molecule has 2 aromatic heterocycles. The molecule has 3 heterocycles. The van der Waals surface area contributed by atoms with Crippen LogP contribution in [0.25, 0.3) is 33.7 Å². The molecule has 5 aromatic rings. The van der Waals surface area contributed by atoms with Gasteiger partial charge in [-0.15, -0.1) is 0 Å². The van der Waals surface area contributed by atoms with Crippen molar-refractivity contribution in [3.63, 3.8) is 0 Å². The first kappa shape index (κ1) is 50.7. The highest BCUT2D eigenvalue weighted by molar-refractivity contribution is 6.74. The molecule has 0 saturated carbocycles. The molecule has 1 aliphatic heterocycles. The van der Waals surface area contributed by atoms with E-state index in [9.17, 15) is 9.59 Å². The van der Waals surface area contributed by atoms with E-state index in [1.807, 2.05) is 76.2 Å². The molecule has 0 atom stereocenters. The maximum atomic E-state index is 13.9. The summed E-state index contributed by atoms with van der Waals surface area (Å²) < 4.78 is 25.1. The number of oxazole rings is 1. The van der Waals surface area contributed by atoms with Crippen LogP contribution in [0.15, 0.2) is 65.1 Å². The Balaban J connectivity index is 1.18. The van der Waals surface area contributed by atoms with Gasteiger partial charge in [0, 0.05) is 50.6 Å². The molecule has 1 aliphatic rings.